The van der Waals surface area contributed by atoms with Gasteiger partial charge in [-0.2, -0.15) is 0 Å². The molecule has 1 aliphatic heterocycles. The van der Waals surface area contributed by atoms with Gasteiger partial charge < -0.3 is 24.8 Å². The molecule has 0 radical (unpaired) electrons. The molecule has 2 aliphatic rings. The van der Waals surface area contributed by atoms with Crippen LogP contribution >= 0.6 is 0 Å². The summed E-state index contributed by atoms with van der Waals surface area (Å²) in [6, 6.07) is 15.8. The fraction of sp³-hybridized carbons (Fsp3) is 0.444. The van der Waals surface area contributed by atoms with Crippen molar-refractivity contribution < 1.29 is 29.0 Å². The molecular weight excluding hydrogens is 448 g/mol. The summed E-state index contributed by atoms with van der Waals surface area (Å²) < 4.78 is 11.1. The highest BCUT2D eigenvalue weighted by atomic mass is 16.6. The zero-order chi connectivity index (χ0) is 25.2. The molecule has 1 aliphatic carbocycles. The van der Waals surface area contributed by atoms with E-state index in [-0.39, 0.29) is 25.5 Å². The second kappa shape index (κ2) is 9.98. The van der Waals surface area contributed by atoms with Gasteiger partial charge in [-0.1, -0.05) is 48.5 Å². The number of nitrogens with one attached hydrogen (secondary N) is 1. The standard InChI is InChI=1S/C27H32N2O6/c1-27(2,3)35-26(33)29-13-12-23(17(15-29)14-24(30)31)28-25(32)34-16-22-20-10-6-4-8-18(20)19-9-5-7-11-21(19)22/h4-11,17,22-23H,12-16H2,1-3H3,(H,28,32)(H,30,31). The number of piperidine rings is 1. The van der Waals surface area contributed by atoms with Crippen molar-refractivity contribution >= 4 is 18.2 Å². The maximum absolute atomic E-state index is 12.7. The SMILES string of the molecule is CC(C)(C)OC(=O)N1CCC(NC(=O)OCC2c3ccccc3-c3ccccc32)C(CC(=O)O)C1. The molecule has 186 valence electrons. The number of hydrogen-bond acceptors (Lipinski definition) is 5. The number of aliphatic carboxylic acids is 1. The van der Waals surface area contributed by atoms with Crippen LogP contribution in [-0.2, 0) is 14.3 Å². The topological polar surface area (TPSA) is 105 Å². The second-order valence-corrected chi connectivity index (χ2v) is 10.1. The molecule has 2 aromatic rings. The average molecular weight is 481 g/mol. The van der Waals surface area contributed by atoms with Crippen LogP contribution in [0.5, 0.6) is 0 Å². The zero-order valence-corrected chi connectivity index (χ0v) is 20.3. The molecule has 2 N–H and O–H groups in total. The molecule has 0 aromatic heterocycles. The molecule has 2 aromatic carbocycles. The number of fused-ring (bicyclic) bond motifs is 3. The molecule has 2 unspecified atom stereocenters. The van der Waals surface area contributed by atoms with E-state index in [0.717, 1.165) is 22.3 Å². The highest BCUT2D eigenvalue weighted by Crippen LogP contribution is 2.44. The van der Waals surface area contributed by atoms with Crippen molar-refractivity contribution in [3.8, 4) is 11.1 Å². The smallest absolute Gasteiger partial charge is 0.410 e. The third kappa shape index (κ3) is 5.75. The number of amides is 2. The third-order valence-corrected chi connectivity index (χ3v) is 6.47. The summed E-state index contributed by atoms with van der Waals surface area (Å²) in [5, 5.41) is 12.2. The van der Waals surface area contributed by atoms with Crippen LogP contribution < -0.4 is 5.32 Å². The van der Waals surface area contributed by atoms with Crippen LogP contribution in [0.3, 0.4) is 0 Å². The van der Waals surface area contributed by atoms with Crippen molar-refractivity contribution in [2.75, 3.05) is 19.7 Å². The van der Waals surface area contributed by atoms with E-state index in [1.165, 1.54) is 4.90 Å². The lowest BCUT2D eigenvalue weighted by atomic mass is 9.89. The van der Waals surface area contributed by atoms with E-state index in [4.69, 9.17) is 9.47 Å². The van der Waals surface area contributed by atoms with Gasteiger partial charge in [-0.15, -0.1) is 0 Å². The summed E-state index contributed by atoms with van der Waals surface area (Å²) in [5.41, 5.74) is 3.89. The number of ether oxygens (including phenoxy) is 2. The van der Waals surface area contributed by atoms with E-state index in [2.05, 4.69) is 29.6 Å². The van der Waals surface area contributed by atoms with Crippen LogP contribution in [0, 0.1) is 5.92 Å². The number of rotatable bonds is 5. The van der Waals surface area contributed by atoms with Crippen LogP contribution in [-0.4, -0.2) is 59.5 Å². The average Bonchev–Trinajstić information content (AvgIpc) is 3.11. The Morgan fingerprint density at radius 1 is 1.03 bits per heavy atom. The third-order valence-electron chi connectivity index (χ3n) is 6.47. The Balaban J connectivity index is 1.38. The van der Waals surface area contributed by atoms with Crippen LogP contribution in [0.4, 0.5) is 9.59 Å². The molecule has 2 atom stereocenters. The van der Waals surface area contributed by atoms with Gasteiger partial charge in [0, 0.05) is 31.0 Å². The number of alkyl carbamates (subject to hydrolysis) is 1. The fourth-order valence-electron chi connectivity index (χ4n) is 4.94. The first-order chi connectivity index (χ1) is 16.6. The Labute approximate surface area is 205 Å². The fourth-order valence-corrected chi connectivity index (χ4v) is 4.94. The number of carbonyl (C=O) groups excluding carboxylic acids is 2. The lowest BCUT2D eigenvalue weighted by molar-refractivity contribution is -0.138. The van der Waals surface area contributed by atoms with E-state index in [9.17, 15) is 19.5 Å². The van der Waals surface area contributed by atoms with Crippen molar-refractivity contribution in [3.05, 3.63) is 59.7 Å². The summed E-state index contributed by atoms with van der Waals surface area (Å²) >= 11 is 0. The minimum Gasteiger partial charge on any atom is -0.481 e. The Bertz CT molecular complexity index is 1060. The Morgan fingerprint density at radius 2 is 1.63 bits per heavy atom. The maximum Gasteiger partial charge on any atom is 0.410 e. The van der Waals surface area contributed by atoms with Crippen molar-refractivity contribution in [1.29, 1.82) is 0 Å². The summed E-state index contributed by atoms with van der Waals surface area (Å²) in [6.45, 7) is 6.08. The number of hydrogen-bond donors (Lipinski definition) is 2. The predicted octanol–water partition coefficient (Wildman–Crippen LogP) is 4.63. The normalized spacial score (nSPS) is 19.5. The molecular formula is C27H32N2O6. The van der Waals surface area contributed by atoms with E-state index in [1.54, 1.807) is 20.8 Å². The Hall–Kier alpha value is -3.55. The second-order valence-electron chi connectivity index (χ2n) is 10.1. The first-order valence-electron chi connectivity index (χ1n) is 11.9. The highest BCUT2D eigenvalue weighted by Gasteiger charge is 2.36. The quantitative estimate of drug-likeness (QED) is 0.647. The van der Waals surface area contributed by atoms with Crippen LogP contribution in [0.15, 0.2) is 48.5 Å². The first kappa shape index (κ1) is 24.6. The van der Waals surface area contributed by atoms with Gasteiger partial charge in [0.15, 0.2) is 0 Å². The monoisotopic (exact) mass is 480 g/mol. The summed E-state index contributed by atoms with van der Waals surface area (Å²) in [5.74, 6) is -1.49. The highest BCUT2D eigenvalue weighted by molar-refractivity contribution is 5.79. The molecule has 8 nitrogen and oxygen atoms in total. The molecule has 1 saturated heterocycles. The van der Waals surface area contributed by atoms with E-state index < -0.39 is 35.7 Å². The molecule has 1 fully saturated rings. The summed E-state index contributed by atoms with van der Waals surface area (Å²) in [4.78, 5) is 38.2. The number of likely N-dealkylation sites (tertiary alicyclic amines) is 1. The van der Waals surface area contributed by atoms with Crippen LogP contribution in [0.25, 0.3) is 11.1 Å². The minimum atomic E-state index is -0.986. The van der Waals surface area contributed by atoms with Crippen molar-refractivity contribution in [1.82, 2.24) is 10.2 Å². The Morgan fingerprint density at radius 3 is 2.20 bits per heavy atom. The lowest BCUT2D eigenvalue weighted by Crippen LogP contribution is -2.53. The molecule has 1 heterocycles. The number of carbonyl (C=O) groups is 3. The van der Waals surface area contributed by atoms with Crippen molar-refractivity contribution in [2.45, 2.75) is 51.2 Å². The summed E-state index contributed by atoms with van der Waals surface area (Å²) in [7, 11) is 0. The Kier molecular flexibility index (Phi) is 7.00. The maximum atomic E-state index is 12.7. The predicted molar refractivity (Wildman–Crippen MR) is 130 cm³/mol. The van der Waals surface area contributed by atoms with Crippen LogP contribution in [0.1, 0.15) is 50.7 Å². The molecule has 8 heteroatoms. The lowest BCUT2D eigenvalue weighted by Gasteiger charge is -2.38. The number of nitrogens with zero attached hydrogens (tertiary/aromatic N) is 1. The van der Waals surface area contributed by atoms with Gasteiger partial charge in [0.1, 0.15) is 12.2 Å². The zero-order valence-electron chi connectivity index (χ0n) is 20.3. The largest absolute Gasteiger partial charge is 0.481 e. The van der Waals surface area contributed by atoms with Gasteiger partial charge in [-0.05, 0) is 49.4 Å². The number of carboxylic acid groups (broad SMARTS) is 1. The minimum absolute atomic E-state index is 0.0583. The van der Waals surface area contributed by atoms with E-state index >= 15 is 0 Å². The molecule has 0 saturated carbocycles. The van der Waals surface area contributed by atoms with E-state index in [1.807, 2.05) is 24.3 Å². The van der Waals surface area contributed by atoms with Crippen molar-refractivity contribution in [2.24, 2.45) is 5.92 Å². The van der Waals surface area contributed by atoms with Gasteiger partial charge >= 0.3 is 18.2 Å². The molecule has 4 rings (SSSR count). The molecule has 0 spiro atoms. The van der Waals surface area contributed by atoms with Gasteiger partial charge in [0.25, 0.3) is 0 Å². The van der Waals surface area contributed by atoms with Gasteiger partial charge in [-0.25, -0.2) is 9.59 Å². The van der Waals surface area contributed by atoms with Crippen LogP contribution in [0.2, 0.25) is 0 Å². The molecule has 2 amide bonds. The van der Waals surface area contributed by atoms with Gasteiger partial charge in [-0.3, -0.25) is 4.79 Å². The van der Waals surface area contributed by atoms with E-state index in [0.29, 0.717) is 13.0 Å². The van der Waals surface area contributed by atoms with Gasteiger partial charge in [0.05, 0.1) is 6.42 Å². The van der Waals surface area contributed by atoms with Crippen molar-refractivity contribution in [3.63, 3.8) is 0 Å². The summed E-state index contributed by atoms with van der Waals surface area (Å²) in [6.07, 6.45) is -0.819. The molecule has 35 heavy (non-hydrogen) atoms. The first-order valence-corrected chi connectivity index (χ1v) is 11.9. The number of benzene rings is 2. The number of carboxylic acids is 1. The van der Waals surface area contributed by atoms with Gasteiger partial charge in [0.2, 0.25) is 0 Å². The molecule has 0 bridgehead atoms.